The number of nitrogens with zero attached hydrogens (tertiary/aromatic N) is 4. The molecule has 0 aromatic carbocycles. The van der Waals surface area contributed by atoms with Gasteiger partial charge in [0.25, 0.3) is 0 Å². The lowest BCUT2D eigenvalue weighted by Gasteiger charge is -2.09. The minimum atomic E-state index is -0.158. The highest BCUT2D eigenvalue weighted by atomic mass is 35.5. The van der Waals surface area contributed by atoms with E-state index in [2.05, 4.69) is 19.5 Å². The molecular weight excluding hydrogens is 276 g/mol. The molecule has 0 spiro atoms. The third-order valence-corrected chi connectivity index (χ3v) is 3.96. The Bertz CT molecular complexity index is 606. The number of aryl methyl sites for hydroxylation is 1. The molecule has 1 atom stereocenters. The number of methoxy groups -OCH3 is 1. The Morgan fingerprint density at radius 3 is 2.90 bits per heavy atom. The molecule has 1 aliphatic carbocycles. The predicted molar refractivity (Wildman–Crippen MR) is 78.1 cm³/mol. The molecule has 1 saturated carbocycles. The van der Waals surface area contributed by atoms with Gasteiger partial charge in [-0.15, -0.1) is 11.6 Å². The number of rotatable bonds is 6. The quantitative estimate of drug-likeness (QED) is 0.767. The van der Waals surface area contributed by atoms with Gasteiger partial charge in [-0.3, -0.25) is 0 Å². The van der Waals surface area contributed by atoms with Gasteiger partial charge in [0.1, 0.15) is 12.2 Å². The molecule has 0 bridgehead atoms. The number of imidazole rings is 1. The average molecular weight is 295 g/mol. The van der Waals surface area contributed by atoms with Crippen molar-refractivity contribution in [1.82, 2.24) is 19.5 Å². The number of aromatic nitrogens is 4. The first-order valence-electron chi connectivity index (χ1n) is 7.10. The summed E-state index contributed by atoms with van der Waals surface area (Å²) in [7, 11) is 1.59. The van der Waals surface area contributed by atoms with E-state index in [0.29, 0.717) is 11.4 Å². The van der Waals surface area contributed by atoms with Crippen LogP contribution < -0.4 is 4.74 Å². The van der Waals surface area contributed by atoms with E-state index in [0.717, 1.165) is 30.4 Å². The van der Waals surface area contributed by atoms with Crippen molar-refractivity contribution in [3.05, 3.63) is 12.2 Å². The normalized spacial score (nSPS) is 16.6. The van der Waals surface area contributed by atoms with Crippen molar-refractivity contribution in [1.29, 1.82) is 0 Å². The summed E-state index contributed by atoms with van der Waals surface area (Å²) in [5.41, 5.74) is 1.51. The summed E-state index contributed by atoms with van der Waals surface area (Å²) in [6.07, 6.45) is 6.71. The van der Waals surface area contributed by atoms with Crippen molar-refractivity contribution in [3.63, 3.8) is 0 Å². The van der Waals surface area contributed by atoms with Crippen LogP contribution in [0.25, 0.3) is 11.2 Å². The molecule has 108 valence electrons. The fraction of sp³-hybridized carbons (Fsp3) is 0.643. The topological polar surface area (TPSA) is 52.8 Å². The molecule has 0 radical (unpaired) electrons. The summed E-state index contributed by atoms with van der Waals surface area (Å²) in [5, 5.41) is -0.158. The average Bonchev–Trinajstić information content (AvgIpc) is 3.18. The van der Waals surface area contributed by atoms with Gasteiger partial charge in [-0.1, -0.05) is 12.8 Å². The van der Waals surface area contributed by atoms with E-state index in [9.17, 15) is 0 Å². The third kappa shape index (κ3) is 2.59. The molecule has 3 rings (SSSR count). The van der Waals surface area contributed by atoms with Crippen LogP contribution in [0.5, 0.6) is 5.88 Å². The molecule has 1 fully saturated rings. The first kappa shape index (κ1) is 13.6. The Kier molecular flexibility index (Phi) is 3.78. The summed E-state index contributed by atoms with van der Waals surface area (Å²) >= 11 is 6.26. The van der Waals surface area contributed by atoms with Crippen LogP contribution in [0.1, 0.15) is 43.8 Å². The predicted octanol–water partition coefficient (Wildman–Crippen LogP) is 3.32. The Morgan fingerprint density at radius 2 is 2.25 bits per heavy atom. The Morgan fingerprint density at radius 1 is 1.45 bits per heavy atom. The van der Waals surface area contributed by atoms with Crippen molar-refractivity contribution in [3.8, 4) is 5.88 Å². The van der Waals surface area contributed by atoms with Gasteiger partial charge in [0, 0.05) is 6.54 Å². The van der Waals surface area contributed by atoms with Crippen molar-refractivity contribution in [2.24, 2.45) is 5.92 Å². The van der Waals surface area contributed by atoms with E-state index in [1.165, 1.54) is 25.6 Å². The van der Waals surface area contributed by atoms with Crippen LogP contribution in [-0.2, 0) is 6.54 Å². The van der Waals surface area contributed by atoms with Crippen LogP contribution in [0.4, 0.5) is 0 Å². The van der Waals surface area contributed by atoms with E-state index >= 15 is 0 Å². The maximum atomic E-state index is 6.26. The van der Waals surface area contributed by atoms with Crippen molar-refractivity contribution >= 4 is 22.8 Å². The lowest BCUT2D eigenvalue weighted by atomic mass is 10.2. The number of halogens is 1. The van der Waals surface area contributed by atoms with Gasteiger partial charge in [-0.2, -0.15) is 4.98 Å². The lowest BCUT2D eigenvalue weighted by Crippen LogP contribution is -2.05. The van der Waals surface area contributed by atoms with Crippen LogP contribution >= 0.6 is 11.6 Å². The van der Waals surface area contributed by atoms with Crippen LogP contribution in [-0.4, -0.2) is 26.6 Å². The molecule has 0 aliphatic heterocycles. The van der Waals surface area contributed by atoms with E-state index in [4.69, 9.17) is 16.3 Å². The second-order valence-electron chi connectivity index (χ2n) is 5.38. The van der Waals surface area contributed by atoms with Crippen molar-refractivity contribution < 1.29 is 4.74 Å². The van der Waals surface area contributed by atoms with Crippen LogP contribution in [0.2, 0.25) is 0 Å². The van der Waals surface area contributed by atoms with E-state index < -0.39 is 0 Å². The molecule has 1 unspecified atom stereocenters. The standard InChI is InChI=1S/C14H19ClN4O/c1-9(15)12-18-11-13(16-8-17-14(11)20-2)19(12)7-3-4-10-5-6-10/h8-10H,3-7H2,1-2H3. The number of hydrogen-bond donors (Lipinski definition) is 0. The number of fused-ring (bicyclic) bond motifs is 1. The van der Waals surface area contributed by atoms with Gasteiger partial charge in [0.15, 0.2) is 11.2 Å². The summed E-state index contributed by atoms with van der Waals surface area (Å²) in [6.45, 7) is 2.83. The van der Waals surface area contributed by atoms with Gasteiger partial charge in [0.05, 0.1) is 12.5 Å². The molecule has 1 aliphatic rings. The molecule has 5 nitrogen and oxygen atoms in total. The van der Waals surface area contributed by atoms with Gasteiger partial charge in [0.2, 0.25) is 5.88 Å². The maximum Gasteiger partial charge on any atom is 0.245 e. The third-order valence-electron chi connectivity index (χ3n) is 3.77. The molecule has 2 heterocycles. The fourth-order valence-corrected chi connectivity index (χ4v) is 2.72. The summed E-state index contributed by atoms with van der Waals surface area (Å²) < 4.78 is 7.37. The Labute approximate surface area is 123 Å². The van der Waals surface area contributed by atoms with Gasteiger partial charge >= 0.3 is 0 Å². The molecule has 2 aromatic heterocycles. The van der Waals surface area contributed by atoms with Crippen molar-refractivity contribution in [2.45, 2.75) is 44.5 Å². The molecule has 6 heteroatoms. The van der Waals surface area contributed by atoms with E-state index in [1.807, 2.05) is 6.92 Å². The zero-order chi connectivity index (χ0) is 14.1. The zero-order valence-corrected chi connectivity index (χ0v) is 12.6. The largest absolute Gasteiger partial charge is 0.479 e. The summed E-state index contributed by atoms with van der Waals surface area (Å²) in [5.74, 6) is 2.29. The first-order chi connectivity index (χ1) is 9.70. The van der Waals surface area contributed by atoms with Gasteiger partial charge in [-0.25, -0.2) is 9.97 Å². The van der Waals surface area contributed by atoms with Crippen molar-refractivity contribution in [2.75, 3.05) is 7.11 Å². The number of hydrogen-bond acceptors (Lipinski definition) is 4. The second-order valence-corrected chi connectivity index (χ2v) is 6.03. The molecule has 0 saturated heterocycles. The van der Waals surface area contributed by atoms with Gasteiger partial charge in [-0.05, 0) is 25.7 Å². The molecule has 20 heavy (non-hydrogen) atoms. The monoisotopic (exact) mass is 294 g/mol. The van der Waals surface area contributed by atoms with E-state index in [-0.39, 0.29) is 5.38 Å². The first-order valence-corrected chi connectivity index (χ1v) is 7.53. The fourth-order valence-electron chi connectivity index (χ4n) is 2.55. The summed E-state index contributed by atoms with van der Waals surface area (Å²) in [6, 6.07) is 0. The smallest absolute Gasteiger partial charge is 0.245 e. The van der Waals surface area contributed by atoms with Crippen LogP contribution in [0.15, 0.2) is 6.33 Å². The second kappa shape index (κ2) is 5.56. The highest BCUT2D eigenvalue weighted by molar-refractivity contribution is 6.20. The van der Waals surface area contributed by atoms with E-state index in [1.54, 1.807) is 7.11 Å². The molecule has 0 amide bonds. The van der Waals surface area contributed by atoms with Crippen LogP contribution in [0, 0.1) is 5.92 Å². The lowest BCUT2D eigenvalue weighted by molar-refractivity contribution is 0.401. The number of ether oxygens (including phenoxy) is 1. The Balaban J connectivity index is 1.95. The molecule has 2 aromatic rings. The SMILES string of the molecule is COc1ncnc2c1nc(C(C)Cl)n2CCCC1CC1. The zero-order valence-electron chi connectivity index (χ0n) is 11.8. The summed E-state index contributed by atoms with van der Waals surface area (Å²) in [4.78, 5) is 13.0. The molecular formula is C14H19ClN4O. The van der Waals surface area contributed by atoms with Crippen LogP contribution in [0.3, 0.4) is 0 Å². The Hall–Kier alpha value is -1.36. The highest BCUT2D eigenvalue weighted by Crippen LogP contribution is 2.34. The minimum Gasteiger partial charge on any atom is -0.479 e. The highest BCUT2D eigenvalue weighted by Gasteiger charge is 2.22. The number of alkyl halides is 1. The van der Waals surface area contributed by atoms with Gasteiger partial charge < -0.3 is 9.30 Å². The molecule has 0 N–H and O–H groups in total. The maximum absolute atomic E-state index is 6.26. The minimum absolute atomic E-state index is 0.158.